The molecule has 0 bridgehead atoms. The van der Waals surface area contributed by atoms with Crippen LogP contribution < -0.4 is 0 Å². The maximum absolute atomic E-state index is 13.4. The first kappa shape index (κ1) is 13.1. The molecule has 0 saturated carbocycles. The summed E-state index contributed by atoms with van der Waals surface area (Å²) in [6, 6.07) is 4.48. The van der Waals surface area contributed by atoms with Crippen molar-refractivity contribution >= 4 is 9.84 Å². The predicted molar refractivity (Wildman–Crippen MR) is 71.5 cm³/mol. The predicted octanol–water partition coefficient (Wildman–Crippen LogP) is 2.18. The van der Waals surface area contributed by atoms with E-state index in [2.05, 4.69) is 11.9 Å². The third-order valence-electron chi connectivity index (χ3n) is 4.40. The number of sulfone groups is 1. The molecule has 1 aromatic carbocycles. The van der Waals surface area contributed by atoms with Crippen molar-refractivity contribution in [2.45, 2.75) is 36.1 Å². The van der Waals surface area contributed by atoms with Gasteiger partial charge in [0.2, 0.25) is 0 Å². The van der Waals surface area contributed by atoms with Gasteiger partial charge in [-0.1, -0.05) is 0 Å². The molecule has 0 radical (unpaired) electrons. The summed E-state index contributed by atoms with van der Waals surface area (Å²) in [5.74, 6) is -0.266. The maximum Gasteiger partial charge on any atom is 0.179 e. The number of benzene rings is 1. The van der Waals surface area contributed by atoms with Gasteiger partial charge in [0.15, 0.2) is 9.84 Å². The van der Waals surface area contributed by atoms with E-state index in [1.54, 1.807) is 0 Å². The average Bonchev–Trinajstić information content (AvgIpc) is 2.83. The van der Waals surface area contributed by atoms with Gasteiger partial charge in [0.1, 0.15) is 5.82 Å². The molecule has 1 aromatic rings. The molecule has 1 fully saturated rings. The fourth-order valence-corrected chi connectivity index (χ4v) is 5.25. The van der Waals surface area contributed by atoms with Crippen LogP contribution in [0.3, 0.4) is 0 Å². The first-order valence-electron chi connectivity index (χ1n) is 6.70. The Morgan fingerprint density at radius 3 is 2.89 bits per heavy atom. The largest absolute Gasteiger partial charge is 0.303 e. The number of likely N-dealkylation sites (tertiary alicyclic amines) is 1. The molecule has 1 saturated heterocycles. The molecular formula is C14H18FNO2S. The Morgan fingerprint density at radius 2 is 2.21 bits per heavy atom. The fraction of sp³-hybridized carbons (Fsp3) is 0.571. The lowest BCUT2D eigenvalue weighted by Crippen LogP contribution is -2.27. The van der Waals surface area contributed by atoms with Gasteiger partial charge in [0.05, 0.1) is 10.6 Å². The number of hydrogen-bond donors (Lipinski definition) is 0. The maximum atomic E-state index is 13.4. The summed E-state index contributed by atoms with van der Waals surface area (Å²) in [5, 5.41) is 0. The zero-order chi connectivity index (χ0) is 13.6. The first-order chi connectivity index (χ1) is 8.97. The van der Waals surface area contributed by atoms with E-state index in [0.29, 0.717) is 16.5 Å². The highest BCUT2D eigenvalue weighted by molar-refractivity contribution is 7.91. The van der Waals surface area contributed by atoms with E-state index in [1.165, 1.54) is 18.2 Å². The Hall–Kier alpha value is -0.940. The van der Waals surface area contributed by atoms with Gasteiger partial charge in [0, 0.05) is 12.0 Å². The van der Waals surface area contributed by atoms with Gasteiger partial charge in [-0.3, -0.25) is 0 Å². The van der Waals surface area contributed by atoms with Gasteiger partial charge in [-0.25, -0.2) is 12.8 Å². The molecule has 3 rings (SSSR count). The van der Waals surface area contributed by atoms with Crippen LogP contribution in [0.2, 0.25) is 0 Å². The molecule has 19 heavy (non-hydrogen) atoms. The minimum atomic E-state index is -3.22. The highest BCUT2D eigenvalue weighted by Crippen LogP contribution is 2.39. The first-order valence-corrected chi connectivity index (χ1v) is 8.35. The van der Waals surface area contributed by atoms with Gasteiger partial charge in [-0.15, -0.1) is 0 Å². The third kappa shape index (κ3) is 2.30. The molecule has 5 heteroatoms. The second-order valence-electron chi connectivity index (χ2n) is 5.67. The summed E-state index contributed by atoms with van der Waals surface area (Å²) in [4.78, 5) is 2.61. The molecule has 0 N–H and O–H groups in total. The smallest absolute Gasteiger partial charge is 0.179 e. The van der Waals surface area contributed by atoms with Crippen LogP contribution in [-0.2, 0) is 9.84 Å². The molecule has 2 heterocycles. The minimum absolute atomic E-state index is 0.0544. The van der Waals surface area contributed by atoms with Crippen molar-refractivity contribution in [1.82, 2.24) is 4.90 Å². The molecule has 0 spiro atoms. The van der Waals surface area contributed by atoms with Gasteiger partial charge in [-0.05, 0) is 56.6 Å². The molecule has 0 unspecified atom stereocenters. The summed E-state index contributed by atoms with van der Waals surface area (Å²) in [6.07, 6.45) is 3.08. The van der Waals surface area contributed by atoms with Crippen LogP contribution >= 0.6 is 0 Å². The summed E-state index contributed by atoms with van der Waals surface area (Å²) in [6.45, 7) is 1.07. The lowest BCUT2D eigenvalue weighted by atomic mass is 9.93. The van der Waals surface area contributed by atoms with Crippen LogP contribution in [0.1, 0.15) is 30.7 Å². The fourth-order valence-electron chi connectivity index (χ4n) is 3.37. The lowest BCUT2D eigenvalue weighted by molar-refractivity contribution is 0.286. The molecule has 2 aliphatic heterocycles. The van der Waals surface area contributed by atoms with Crippen LogP contribution in [0.4, 0.5) is 4.39 Å². The van der Waals surface area contributed by atoms with Gasteiger partial charge >= 0.3 is 0 Å². The van der Waals surface area contributed by atoms with E-state index in [-0.39, 0.29) is 17.5 Å². The van der Waals surface area contributed by atoms with E-state index in [4.69, 9.17) is 0 Å². The summed E-state index contributed by atoms with van der Waals surface area (Å²) < 4.78 is 37.6. The highest BCUT2D eigenvalue weighted by atomic mass is 32.2. The van der Waals surface area contributed by atoms with Crippen molar-refractivity contribution in [2.75, 3.05) is 19.3 Å². The van der Waals surface area contributed by atoms with E-state index in [0.717, 1.165) is 25.8 Å². The van der Waals surface area contributed by atoms with Crippen molar-refractivity contribution in [3.8, 4) is 0 Å². The highest BCUT2D eigenvalue weighted by Gasteiger charge is 2.37. The molecule has 2 aliphatic rings. The van der Waals surface area contributed by atoms with E-state index in [1.807, 2.05) is 0 Å². The minimum Gasteiger partial charge on any atom is -0.303 e. The van der Waals surface area contributed by atoms with Gasteiger partial charge in [-0.2, -0.15) is 0 Å². The van der Waals surface area contributed by atoms with Crippen LogP contribution in [0, 0.1) is 5.82 Å². The second-order valence-corrected chi connectivity index (χ2v) is 7.68. The molecule has 0 aliphatic carbocycles. The third-order valence-corrected chi connectivity index (χ3v) is 6.28. The number of rotatable bonds is 2. The van der Waals surface area contributed by atoms with Gasteiger partial charge in [0.25, 0.3) is 0 Å². The van der Waals surface area contributed by atoms with E-state index < -0.39 is 9.84 Å². The Labute approximate surface area is 113 Å². The normalized spacial score (nSPS) is 29.6. The Bertz CT molecular complexity index is 599. The van der Waals surface area contributed by atoms with Crippen molar-refractivity contribution < 1.29 is 12.8 Å². The molecular weight excluding hydrogens is 265 g/mol. The van der Waals surface area contributed by atoms with Crippen LogP contribution in [-0.4, -0.2) is 38.7 Å². The standard InChI is InChI=1S/C14H18FNO2S/c1-16-6-2-3-12(16)7-10-9-19(17,18)14-5-4-11(15)8-13(10)14/h4-5,8,10,12H,2-3,6-7,9H2,1H3/t10-,12+/m0/s1. The van der Waals surface area contributed by atoms with Crippen LogP contribution in [0.15, 0.2) is 23.1 Å². The Kier molecular flexibility index (Phi) is 3.14. The van der Waals surface area contributed by atoms with Crippen LogP contribution in [0.25, 0.3) is 0 Å². The summed E-state index contributed by atoms with van der Waals surface area (Å²) in [5.41, 5.74) is 0.681. The van der Waals surface area contributed by atoms with E-state index >= 15 is 0 Å². The van der Waals surface area contributed by atoms with Crippen molar-refractivity contribution in [1.29, 1.82) is 0 Å². The molecule has 3 nitrogen and oxygen atoms in total. The van der Waals surface area contributed by atoms with Gasteiger partial charge < -0.3 is 4.90 Å². The molecule has 104 valence electrons. The second kappa shape index (κ2) is 4.56. The SMILES string of the molecule is CN1CCC[C@@H]1C[C@H]1CS(=O)(=O)c2ccc(F)cc21. The van der Waals surface area contributed by atoms with E-state index in [9.17, 15) is 12.8 Å². The molecule has 0 amide bonds. The number of hydrogen-bond acceptors (Lipinski definition) is 3. The topological polar surface area (TPSA) is 37.4 Å². The lowest BCUT2D eigenvalue weighted by Gasteiger charge is -2.22. The monoisotopic (exact) mass is 283 g/mol. The molecule has 2 atom stereocenters. The Morgan fingerprint density at radius 1 is 1.42 bits per heavy atom. The number of fused-ring (bicyclic) bond motifs is 1. The van der Waals surface area contributed by atoms with Crippen molar-refractivity contribution in [3.63, 3.8) is 0 Å². The average molecular weight is 283 g/mol. The van der Waals surface area contributed by atoms with Crippen molar-refractivity contribution in [3.05, 3.63) is 29.6 Å². The zero-order valence-corrected chi connectivity index (χ0v) is 11.8. The summed E-state index contributed by atoms with van der Waals surface area (Å²) >= 11 is 0. The van der Waals surface area contributed by atoms with Crippen molar-refractivity contribution in [2.24, 2.45) is 0 Å². The zero-order valence-electron chi connectivity index (χ0n) is 11.0. The van der Waals surface area contributed by atoms with Crippen LogP contribution in [0.5, 0.6) is 0 Å². The number of nitrogens with zero attached hydrogens (tertiary/aromatic N) is 1. The number of halogens is 1. The Balaban J connectivity index is 1.91. The quantitative estimate of drug-likeness (QED) is 0.781. The molecule has 0 aromatic heterocycles. The summed E-state index contributed by atoms with van der Waals surface area (Å²) in [7, 11) is -1.14.